The maximum Gasteiger partial charge on any atom is 0.320 e. The Morgan fingerprint density at radius 3 is 2.78 bits per heavy atom. The van der Waals surface area contributed by atoms with Crippen molar-refractivity contribution in [1.82, 2.24) is 10.3 Å². The third-order valence-corrected chi connectivity index (χ3v) is 2.63. The number of urea groups is 1. The second-order valence-electron chi connectivity index (χ2n) is 5.08. The van der Waals surface area contributed by atoms with Crippen LogP contribution >= 0.6 is 0 Å². The number of nitrogens with one attached hydrogen (secondary N) is 3. The summed E-state index contributed by atoms with van der Waals surface area (Å²) in [6.45, 7) is 5.22. The molecular weight excluding hydrogens is 228 g/mol. The Morgan fingerprint density at radius 1 is 1.44 bits per heavy atom. The van der Waals surface area contributed by atoms with E-state index >= 15 is 0 Å². The van der Waals surface area contributed by atoms with Crippen LogP contribution in [0.1, 0.15) is 26.7 Å². The Labute approximate surface area is 107 Å². The summed E-state index contributed by atoms with van der Waals surface area (Å²) >= 11 is 0. The van der Waals surface area contributed by atoms with E-state index in [1.165, 1.54) is 0 Å². The highest BCUT2D eigenvalue weighted by molar-refractivity contribution is 5.88. The molecule has 0 unspecified atom stereocenters. The molecule has 1 saturated carbocycles. The summed E-state index contributed by atoms with van der Waals surface area (Å²) in [6, 6.07) is 3.90. The number of rotatable bonds is 5. The molecule has 0 saturated heterocycles. The minimum atomic E-state index is -0.173. The third kappa shape index (κ3) is 4.24. The van der Waals surface area contributed by atoms with Crippen molar-refractivity contribution in [3.05, 3.63) is 18.3 Å². The third-order valence-electron chi connectivity index (χ3n) is 2.63. The van der Waals surface area contributed by atoms with Crippen molar-refractivity contribution >= 4 is 17.5 Å². The molecule has 0 spiro atoms. The fourth-order valence-corrected chi connectivity index (χ4v) is 1.46. The monoisotopic (exact) mass is 248 g/mol. The first-order valence-corrected chi connectivity index (χ1v) is 6.41. The average Bonchev–Trinajstić information content (AvgIpc) is 3.12. The van der Waals surface area contributed by atoms with Crippen LogP contribution in [-0.2, 0) is 0 Å². The Morgan fingerprint density at radius 2 is 2.22 bits per heavy atom. The van der Waals surface area contributed by atoms with Crippen molar-refractivity contribution in [3.8, 4) is 0 Å². The number of carbonyl (C=O) groups excluding carboxylic acids is 1. The van der Waals surface area contributed by atoms with Crippen LogP contribution in [0.25, 0.3) is 0 Å². The summed E-state index contributed by atoms with van der Waals surface area (Å²) < 4.78 is 0. The predicted octanol–water partition coefficient (Wildman–Crippen LogP) is 2.43. The first kappa shape index (κ1) is 12.7. The summed E-state index contributed by atoms with van der Waals surface area (Å²) in [5.41, 5.74) is 0.969. The van der Waals surface area contributed by atoms with Crippen molar-refractivity contribution in [2.45, 2.75) is 32.7 Å². The summed E-state index contributed by atoms with van der Waals surface area (Å²) in [5.74, 6) is 1.16. The van der Waals surface area contributed by atoms with Crippen molar-refractivity contribution in [3.63, 3.8) is 0 Å². The van der Waals surface area contributed by atoms with Crippen LogP contribution in [0, 0.1) is 5.92 Å². The fourth-order valence-electron chi connectivity index (χ4n) is 1.46. The summed E-state index contributed by atoms with van der Waals surface area (Å²) in [5, 5.41) is 8.84. The van der Waals surface area contributed by atoms with Gasteiger partial charge >= 0.3 is 6.03 Å². The van der Waals surface area contributed by atoms with E-state index in [-0.39, 0.29) is 6.03 Å². The maximum atomic E-state index is 11.5. The zero-order valence-corrected chi connectivity index (χ0v) is 10.9. The Hall–Kier alpha value is -1.78. The molecule has 5 nitrogen and oxygen atoms in total. The highest BCUT2D eigenvalue weighted by atomic mass is 16.2. The lowest BCUT2D eigenvalue weighted by molar-refractivity contribution is 0.251. The smallest absolute Gasteiger partial charge is 0.320 e. The molecule has 5 heteroatoms. The van der Waals surface area contributed by atoms with Crippen molar-refractivity contribution in [1.29, 1.82) is 0 Å². The molecule has 2 rings (SSSR count). The van der Waals surface area contributed by atoms with E-state index in [2.05, 4.69) is 34.8 Å². The van der Waals surface area contributed by atoms with Crippen molar-refractivity contribution in [2.75, 3.05) is 17.2 Å². The molecule has 0 aromatic carbocycles. The van der Waals surface area contributed by atoms with E-state index in [9.17, 15) is 4.79 Å². The minimum absolute atomic E-state index is 0.173. The van der Waals surface area contributed by atoms with E-state index in [1.54, 1.807) is 12.3 Å². The highest BCUT2D eigenvalue weighted by Gasteiger charge is 2.23. The van der Waals surface area contributed by atoms with E-state index in [4.69, 9.17) is 0 Å². The molecule has 0 aliphatic heterocycles. The molecule has 1 heterocycles. The van der Waals surface area contributed by atoms with Gasteiger partial charge in [0.2, 0.25) is 0 Å². The van der Waals surface area contributed by atoms with Crippen molar-refractivity contribution in [2.24, 2.45) is 5.92 Å². The molecule has 1 aromatic heterocycles. The molecule has 1 aliphatic rings. The minimum Gasteiger partial charge on any atom is -0.384 e. The number of hydrogen-bond acceptors (Lipinski definition) is 3. The van der Waals surface area contributed by atoms with Gasteiger partial charge in [-0.25, -0.2) is 9.78 Å². The molecule has 18 heavy (non-hydrogen) atoms. The first-order chi connectivity index (χ1) is 8.63. The predicted molar refractivity (Wildman–Crippen MR) is 72.7 cm³/mol. The maximum absolute atomic E-state index is 11.5. The molecule has 3 N–H and O–H groups in total. The van der Waals surface area contributed by atoms with Gasteiger partial charge in [0, 0.05) is 12.6 Å². The largest absolute Gasteiger partial charge is 0.384 e. The molecule has 1 aromatic rings. The number of amides is 2. The lowest BCUT2D eigenvalue weighted by Crippen LogP contribution is -2.30. The lowest BCUT2D eigenvalue weighted by Gasteiger charge is -2.09. The van der Waals surface area contributed by atoms with Gasteiger partial charge in [0.25, 0.3) is 0 Å². The van der Waals surface area contributed by atoms with Crippen LogP contribution in [0.15, 0.2) is 18.3 Å². The second kappa shape index (κ2) is 5.71. The van der Waals surface area contributed by atoms with Gasteiger partial charge in [0.15, 0.2) is 0 Å². The average molecular weight is 248 g/mol. The number of pyridine rings is 1. The number of hydrogen-bond donors (Lipinski definition) is 3. The van der Waals surface area contributed by atoms with Crippen LogP contribution in [0.2, 0.25) is 0 Å². The van der Waals surface area contributed by atoms with E-state index in [1.807, 2.05) is 6.07 Å². The van der Waals surface area contributed by atoms with Gasteiger partial charge < -0.3 is 10.6 Å². The van der Waals surface area contributed by atoms with Gasteiger partial charge in [0.1, 0.15) is 5.82 Å². The lowest BCUT2D eigenvalue weighted by atomic mass is 10.2. The van der Waals surface area contributed by atoms with Gasteiger partial charge in [-0.2, -0.15) is 0 Å². The van der Waals surface area contributed by atoms with E-state index < -0.39 is 0 Å². The summed E-state index contributed by atoms with van der Waals surface area (Å²) in [6.07, 6.45) is 3.90. The molecule has 98 valence electrons. The Kier molecular flexibility index (Phi) is 4.02. The zero-order valence-electron chi connectivity index (χ0n) is 10.9. The first-order valence-electron chi connectivity index (χ1n) is 6.41. The molecular formula is C13H20N4O. The standard InChI is InChI=1S/C13H20N4O/c1-9(2)7-14-11-5-6-12(15-8-11)17-13(18)16-10-3-4-10/h5-6,8-10,14H,3-4,7H2,1-2H3,(H2,15,16,17,18). The summed E-state index contributed by atoms with van der Waals surface area (Å²) in [4.78, 5) is 15.7. The van der Waals surface area contributed by atoms with Crippen LogP contribution in [0.5, 0.6) is 0 Å². The van der Waals surface area contributed by atoms with Gasteiger partial charge in [-0.15, -0.1) is 0 Å². The van der Waals surface area contributed by atoms with Gasteiger partial charge in [-0.05, 0) is 30.9 Å². The zero-order chi connectivity index (χ0) is 13.0. The van der Waals surface area contributed by atoms with Crippen LogP contribution in [0.3, 0.4) is 0 Å². The Bertz CT molecular complexity index is 398. The number of carbonyl (C=O) groups is 1. The highest BCUT2D eigenvalue weighted by Crippen LogP contribution is 2.18. The van der Waals surface area contributed by atoms with Gasteiger partial charge in [-0.3, -0.25) is 5.32 Å². The molecule has 0 atom stereocenters. The summed E-state index contributed by atoms with van der Waals surface area (Å²) in [7, 11) is 0. The quantitative estimate of drug-likeness (QED) is 0.749. The van der Waals surface area contributed by atoms with Gasteiger partial charge in [-0.1, -0.05) is 13.8 Å². The molecule has 1 aliphatic carbocycles. The molecule has 1 fully saturated rings. The van der Waals surface area contributed by atoms with Crippen molar-refractivity contribution < 1.29 is 4.79 Å². The second-order valence-corrected chi connectivity index (χ2v) is 5.08. The van der Waals surface area contributed by atoms with E-state index in [0.29, 0.717) is 17.8 Å². The number of aromatic nitrogens is 1. The Balaban J connectivity index is 1.80. The number of nitrogens with zero attached hydrogens (tertiary/aromatic N) is 1. The SMILES string of the molecule is CC(C)CNc1ccc(NC(=O)NC2CC2)nc1. The molecule has 2 amide bonds. The molecule has 0 radical (unpaired) electrons. The van der Waals surface area contributed by atoms with E-state index in [0.717, 1.165) is 25.1 Å². The number of anilines is 2. The topological polar surface area (TPSA) is 66.0 Å². The van der Waals surface area contributed by atoms with Gasteiger partial charge in [0.05, 0.1) is 11.9 Å². The van der Waals surface area contributed by atoms with Crippen LogP contribution < -0.4 is 16.0 Å². The van der Waals surface area contributed by atoms with Crippen LogP contribution in [-0.4, -0.2) is 23.6 Å². The molecule has 0 bridgehead atoms. The van der Waals surface area contributed by atoms with Crippen LogP contribution in [0.4, 0.5) is 16.3 Å². The normalized spacial score (nSPS) is 14.4. The fraction of sp³-hybridized carbons (Fsp3) is 0.538.